The first-order chi connectivity index (χ1) is 9.86. The van der Waals surface area contributed by atoms with Gasteiger partial charge in [-0.25, -0.2) is 5.84 Å². The molecule has 21 heavy (non-hydrogen) atoms. The maximum absolute atomic E-state index is 10.3. The third-order valence-corrected chi connectivity index (χ3v) is 2.65. The molecule has 0 saturated carbocycles. The van der Waals surface area contributed by atoms with E-state index in [1.807, 2.05) is 6.92 Å². The summed E-state index contributed by atoms with van der Waals surface area (Å²) in [5, 5.41) is 13.3. The van der Waals surface area contributed by atoms with Crippen molar-refractivity contribution in [1.29, 1.82) is 0 Å². The molecule has 0 aliphatic heterocycles. The molecule has 1 unspecified atom stereocenters. The number of aromatic nitrogens is 3. The Morgan fingerprint density at radius 2 is 1.95 bits per heavy atom. The molecule has 120 valence electrons. The number of nitrogens with two attached hydrogens (primary N) is 1. The number of nitrogen functional groups attached to an aromatic ring is 1. The van der Waals surface area contributed by atoms with Crippen LogP contribution in [0.2, 0.25) is 0 Å². The van der Waals surface area contributed by atoms with Crippen LogP contribution in [0.25, 0.3) is 0 Å². The van der Waals surface area contributed by atoms with Crippen LogP contribution < -0.4 is 21.3 Å². The molecule has 0 aliphatic rings. The van der Waals surface area contributed by atoms with Crippen LogP contribution in [0.15, 0.2) is 0 Å². The Hall–Kier alpha value is -1.67. The maximum Gasteiger partial charge on any atom is 0.323 e. The molecule has 0 aromatic carbocycles. The van der Waals surface area contributed by atoms with Crippen LogP contribution in [-0.2, 0) is 0 Å². The fourth-order valence-corrected chi connectivity index (χ4v) is 1.98. The van der Waals surface area contributed by atoms with Crippen molar-refractivity contribution in [1.82, 2.24) is 15.0 Å². The monoisotopic (exact) mass is 298 g/mol. The van der Waals surface area contributed by atoms with Crippen LogP contribution >= 0.6 is 0 Å². The highest BCUT2D eigenvalue weighted by Gasteiger charge is 2.22. The van der Waals surface area contributed by atoms with Crippen molar-refractivity contribution in [3.8, 4) is 6.01 Å². The molecule has 0 radical (unpaired) electrons. The van der Waals surface area contributed by atoms with Crippen LogP contribution in [0, 0.1) is 5.92 Å². The molecule has 0 fully saturated rings. The lowest BCUT2D eigenvalue weighted by Crippen LogP contribution is -2.35. The van der Waals surface area contributed by atoms with Gasteiger partial charge in [-0.1, -0.05) is 20.8 Å². The summed E-state index contributed by atoms with van der Waals surface area (Å²) in [6, 6.07) is 0.200. The van der Waals surface area contributed by atoms with Gasteiger partial charge in [0, 0.05) is 6.54 Å². The molecule has 5 N–H and O–H groups in total. The summed E-state index contributed by atoms with van der Waals surface area (Å²) in [7, 11) is 0. The van der Waals surface area contributed by atoms with E-state index in [1.165, 1.54) is 0 Å². The highest BCUT2D eigenvalue weighted by Crippen LogP contribution is 2.17. The Balaban J connectivity index is 2.73. The summed E-state index contributed by atoms with van der Waals surface area (Å²) in [5.74, 6) is 6.25. The molecular formula is C13H26N6O2. The van der Waals surface area contributed by atoms with E-state index in [1.54, 1.807) is 6.92 Å². The summed E-state index contributed by atoms with van der Waals surface area (Å²) in [6.45, 7) is 8.73. The molecule has 0 bridgehead atoms. The minimum atomic E-state index is -0.846. The Morgan fingerprint density at radius 3 is 2.52 bits per heavy atom. The number of hydrogen-bond donors (Lipinski definition) is 4. The van der Waals surface area contributed by atoms with E-state index in [-0.39, 0.29) is 12.0 Å². The van der Waals surface area contributed by atoms with Crippen molar-refractivity contribution >= 4 is 11.9 Å². The number of hydrazine groups is 1. The van der Waals surface area contributed by atoms with Crippen LogP contribution in [0.1, 0.15) is 40.5 Å². The fraction of sp³-hybridized carbons (Fsp3) is 0.769. The van der Waals surface area contributed by atoms with Gasteiger partial charge >= 0.3 is 6.01 Å². The molecule has 8 nitrogen and oxygen atoms in total. The van der Waals surface area contributed by atoms with Gasteiger partial charge in [0.1, 0.15) is 0 Å². The zero-order valence-corrected chi connectivity index (χ0v) is 13.2. The molecular weight excluding hydrogens is 272 g/mol. The van der Waals surface area contributed by atoms with E-state index in [0.717, 1.165) is 6.42 Å². The van der Waals surface area contributed by atoms with E-state index in [0.29, 0.717) is 31.4 Å². The van der Waals surface area contributed by atoms with Gasteiger partial charge in [-0.05, 0) is 25.7 Å². The predicted molar refractivity (Wildman–Crippen MR) is 82.0 cm³/mol. The molecule has 8 heteroatoms. The second-order valence-corrected chi connectivity index (χ2v) is 5.71. The van der Waals surface area contributed by atoms with Gasteiger partial charge in [0.05, 0.1) is 12.2 Å². The zero-order chi connectivity index (χ0) is 15.9. The van der Waals surface area contributed by atoms with Crippen molar-refractivity contribution in [2.75, 3.05) is 23.9 Å². The molecule has 0 spiro atoms. The highest BCUT2D eigenvalue weighted by atomic mass is 16.5. The Kier molecular flexibility index (Phi) is 6.57. The highest BCUT2D eigenvalue weighted by molar-refractivity contribution is 5.35. The van der Waals surface area contributed by atoms with Crippen LogP contribution in [0.5, 0.6) is 6.01 Å². The Labute approximate surface area is 125 Å². The quantitative estimate of drug-likeness (QED) is 0.396. The van der Waals surface area contributed by atoms with Gasteiger partial charge in [-0.3, -0.25) is 5.43 Å². The second kappa shape index (κ2) is 7.94. The minimum Gasteiger partial charge on any atom is -0.463 e. The summed E-state index contributed by atoms with van der Waals surface area (Å²) in [5.41, 5.74) is 1.52. The first-order valence-electron chi connectivity index (χ1n) is 7.18. The van der Waals surface area contributed by atoms with Crippen LogP contribution in [0.3, 0.4) is 0 Å². The number of ether oxygens (including phenoxy) is 1. The number of anilines is 2. The Bertz CT molecular complexity index is 439. The summed E-state index contributed by atoms with van der Waals surface area (Å²) >= 11 is 0. The van der Waals surface area contributed by atoms with E-state index < -0.39 is 5.60 Å². The number of hydrogen-bond acceptors (Lipinski definition) is 8. The normalized spacial score (nSPS) is 13.9. The summed E-state index contributed by atoms with van der Waals surface area (Å²) in [4.78, 5) is 12.2. The SMILES string of the molecule is CCCOc1nc(NN)nc(NCC(C)(O)CC(C)C)n1. The average Bonchev–Trinajstić information content (AvgIpc) is 2.41. The van der Waals surface area contributed by atoms with Crippen LogP contribution in [-0.4, -0.2) is 38.8 Å². The van der Waals surface area contributed by atoms with E-state index in [2.05, 4.69) is 39.5 Å². The Morgan fingerprint density at radius 1 is 1.29 bits per heavy atom. The van der Waals surface area contributed by atoms with Crippen LogP contribution in [0.4, 0.5) is 11.9 Å². The minimum absolute atomic E-state index is 0.200. The number of nitrogens with one attached hydrogen (secondary N) is 2. The van der Waals surface area contributed by atoms with Gasteiger partial charge < -0.3 is 15.2 Å². The van der Waals surface area contributed by atoms with Crippen molar-refractivity contribution < 1.29 is 9.84 Å². The van der Waals surface area contributed by atoms with E-state index in [4.69, 9.17) is 10.6 Å². The smallest absolute Gasteiger partial charge is 0.323 e. The first-order valence-corrected chi connectivity index (χ1v) is 7.18. The third-order valence-electron chi connectivity index (χ3n) is 2.65. The molecule has 1 rings (SSSR count). The van der Waals surface area contributed by atoms with Gasteiger partial charge in [-0.2, -0.15) is 15.0 Å². The average molecular weight is 298 g/mol. The molecule has 0 aliphatic carbocycles. The second-order valence-electron chi connectivity index (χ2n) is 5.71. The zero-order valence-electron chi connectivity index (χ0n) is 13.2. The lowest BCUT2D eigenvalue weighted by molar-refractivity contribution is 0.0513. The molecule has 0 saturated heterocycles. The van der Waals surface area contributed by atoms with E-state index >= 15 is 0 Å². The van der Waals surface area contributed by atoms with Crippen molar-refractivity contribution in [3.05, 3.63) is 0 Å². The van der Waals surface area contributed by atoms with Gasteiger partial charge in [0.25, 0.3) is 0 Å². The van der Waals surface area contributed by atoms with Crippen molar-refractivity contribution in [3.63, 3.8) is 0 Å². The molecule has 1 atom stereocenters. The number of rotatable bonds is 9. The van der Waals surface area contributed by atoms with Crippen molar-refractivity contribution in [2.24, 2.45) is 11.8 Å². The van der Waals surface area contributed by atoms with Gasteiger partial charge in [0.15, 0.2) is 0 Å². The fourth-order valence-electron chi connectivity index (χ4n) is 1.98. The van der Waals surface area contributed by atoms with Crippen molar-refractivity contribution in [2.45, 2.75) is 46.1 Å². The standard InChI is InChI=1S/C13H26N6O2/c1-5-6-21-12-17-10(16-11(18-12)19-14)15-8-13(4,20)7-9(2)3/h9,20H,5-8,14H2,1-4H3,(H2,15,16,17,18,19). The summed E-state index contributed by atoms with van der Waals surface area (Å²) in [6.07, 6.45) is 1.52. The predicted octanol–water partition coefficient (Wildman–Crippen LogP) is 1.15. The maximum atomic E-state index is 10.3. The molecule has 1 aromatic rings. The van der Waals surface area contributed by atoms with E-state index in [9.17, 15) is 5.11 Å². The number of nitrogens with zero attached hydrogens (tertiary/aromatic N) is 3. The third kappa shape index (κ3) is 6.54. The topological polar surface area (TPSA) is 118 Å². The molecule has 1 aromatic heterocycles. The summed E-state index contributed by atoms with van der Waals surface area (Å²) < 4.78 is 5.37. The first kappa shape index (κ1) is 17.4. The largest absolute Gasteiger partial charge is 0.463 e. The number of aliphatic hydroxyl groups is 1. The lowest BCUT2D eigenvalue weighted by Gasteiger charge is -2.25. The lowest BCUT2D eigenvalue weighted by atomic mass is 9.94. The molecule has 0 amide bonds. The van der Waals surface area contributed by atoms with Gasteiger partial charge in [0.2, 0.25) is 11.9 Å². The van der Waals surface area contributed by atoms with Gasteiger partial charge in [-0.15, -0.1) is 0 Å². The molecule has 1 heterocycles.